The lowest BCUT2D eigenvalue weighted by atomic mass is 9.98. The van der Waals surface area contributed by atoms with E-state index in [0.29, 0.717) is 6.20 Å². The molecule has 3 N–H and O–H groups in total. The number of halogens is 3. The fourth-order valence-electron chi connectivity index (χ4n) is 4.07. The average molecular weight is 472 g/mol. The first-order chi connectivity index (χ1) is 16.3. The van der Waals surface area contributed by atoms with Gasteiger partial charge in [-0.2, -0.15) is 13.2 Å². The minimum Gasteiger partial charge on any atom is -0.449 e. The lowest BCUT2D eigenvalue weighted by molar-refractivity contribution is -0.137. The van der Waals surface area contributed by atoms with Crippen LogP contribution in [0.5, 0.6) is 0 Å². The average Bonchev–Trinajstić information content (AvgIpc) is 3.15. The predicted molar refractivity (Wildman–Crippen MR) is 118 cm³/mol. The highest BCUT2D eigenvalue weighted by atomic mass is 19.4. The van der Waals surface area contributed by atoms with E-state index >= 15 is 0 Å². The molecule has 0 radical (unpaired) electrons. The SMILES string of the molecule is O=C(NCCC(O)C(O)c1ccc(C(F)(F)F)cn1)OCC1c2ccccc2-c2ccccc21. The van der Waals surface area contributed by atoms with Gasteiger partial charge in [0.25, 0.3) is 0 Å². The monoisotopic (exact) mass is 472 g/mol. The van der Waals surface area contributed by atoms with Crippen molar-refractivity contribution in [2.45, 2.75) is 30.7 Å². The summed E-state index contributed by atoms with van der Waals surface area (Å²) in [5.74, 6) is -0.0868. The molecule has 2 atom stereocenters. The molecule has 6 nitrogen and oxygen atoms in total. The van der Waals surface area contributed by atoms with E-state index in [4.69, 9.17) is 4.74 Å². The van der Waals surface area contributed by atoms with E-state index < -0.39 is 30.0 Å². The predicted octanol–water partition coefficient (Wildman–Crippen LogP) is 4.42. The minimum absolute atomic E-state index is 0.00443. The fourth-order valence-corrected chi connectivity index (χ4v) is 4.07. The fraction of sp³-hybridized carbons (Fsp3) is 0.280. The van der Waals surface area contributed by atoms with E-state index in [-0.39, 0.29) is 31.2 Å². The maximum Gasteiger partial charge on any atom is 0.417 e. The number of carbonyl (C=O) groups is 1. The van der Waals surface area contributed by atoms with Gasteiger partial charge in [0, 0.05) is 18.7 Å². The van der Waals surface area contributed by atoms with Gasteiger partial charge in [-0.3, -0.25) is 4.98 Å². The Kier molecular flexibility index (Phi) is 6.85. The Morgan fingerprint density at radius 2 is 1.62 bits per heavy atom. The third kappa shape index (κ3) is 5.05. The van der Waals surface area contributed by atoms with Crippen LogP contribution in [-0.2, 0) is 10.9 Å². The van der Waals surface area contributed by atoms with Crippen LogP contribution in [0, 0.1) is 0 Å². The van der Waals surface area contributed by atoms with Crippen LogP contribution in [0.3, 0.4) is 0 Å². The molecule has 0 fully saturated rings. The lowest BCUT2D eigenvalue weighted by Gasteiger charge is -2.18. The van der Waals surface area contributed by atoms with Crippen molar-refractivity contribution in [3.8, 4) is 11.1 Å². The summed E-state index contributed by atoms with van der Waals surface area (Å²) in [6.07, 6.45) is -7.49. The minimum atomic E-state index is -4.54. The molecule has 0 aliphatic heterocycles. The zero-order chi connectivity index (χ0) is 24.3. The van der Waals surface area contributed by atoms with E-state index in [1.54, 1.807) is 0 Å². The molecule has 1 aliphatic carbocycles. The summed E-state index contributed by atoms with van der Waals surface area (Å²) in [5.41, 5.74) is 3.34. The van der Waals surface area contributed by atoms with Crippen LogP contribution in [0.25, 0.3) is 11.1 Å². The number of pyridine rings is 1. The van der Waals surface area contributed by atoms with Crippen molar-refractivity contribution in [3.05, 3.63) is 89.2 Å². The van der Waals surface area contributed by atoms with Crippen molar-refractivity contribution in [1.29, 1.82) is 0 Å². The molecular formula is C25H23F3N2O4. The molecule has 3 aromatic rings. The number of benzene rings is 2. The van der Waals surface area contributed by atoms with Gasteiger partial charge in [-0.25, -0.2) is 4.79 Å². The highest BCUT2D eigenvalue weighted by Crippen LogP contribution is 2.44. The normalized spacial score (nSPS) is 14.7. The summed E-state index contributed by atoms with van der Waals surface area (Å²) in [7, 11) is 0. The first-order valence-corrected chi connectivity index (χ1v) is 10.7. The van der Waals surface area contributed by atoms with Crippen LogP contribution in [0.15, 0.2) is 66.9 Å². The molecule has 0 saturated heterocycles. The van der Waals surface area contributed by atoms with Crippen molar-refractivity contribution in [1.82, 2.24) is 10.3 Å². The number of rotatable bonds is 7. The maximum atomic E-state index is 12.6. The van der Waals surface area contributed by atoms with Crippen LogP contribution >= 0.6 is 0 Å². The molecule has 1 heterocycles. The van der Waals surface area contributed by atoms with Gasteiger partial charge in [0.05, 0.1) is 17.4 Å². The number of ether oxygens (including phenoxy) is 1. The number of hydrogen-bond acceptors (Lipinski definition) is 5. The van der Waals surface area contributed by atoms with Gasteiger partial charge < -0.3 is 20.3 Å². The third-order valence-electron chi connectivity index (χ3n) is 5.83. The number of fused-ring (bicyclic) bond motifs is 3. The van der Waals surface area contributed by atoms with Crippen molar-refractivity contribution >= 4 is 6.09 Å². The van der Waals surface area contributed by atoms with Crippen LogP contribution in [-0.4, -0.2) is 40.5 Å². The summed E-state index contributed by atoms with van der Waals surface area (Å²) in [6, 6.07) is 17.7. The van der Waals surface area contributed by atoms with Crippen LogP contribution in [0.2, 0.25) is 0 Å². The Labute approximate surface area is 194 Å². The Morgan fingerprint density at radius 3 is 2.18 bits per heavy atom. The van der Waals surface area contributed by atoms with E-state index in [0.717, 1.165) is 34.4 Å². The number of aliphatic hydroxyl groups excluding tert-OH is 2. The molecule has 1 amide bonds. The van der Waals surface area contributed by atoms with Gasteiger partial charge in [0.15, 0.2) is 0 Å². The number of hydrogen-bond donors (Lipinski definition) is 3. The van der Waals surface area contributed by atoms with Crippen molar-refractivity contribution in [3.63, 3.8) is 0 Å². The highest BCUT2D eigenvalue weighted by Gasteiger charge is 2.31. The maximum absolute atomic E-state index is 12.6. The first-order valence-electron chi connectivity index (χ1n) is 10.7. The van der Waals surface area contributed by atoms with Gasteiger partial charge in [0.2, 0.25) is 0 Å². The second-order valence-electron chi connectivity index (χ2n) is 8.02. The van der Waals surface area contributed by atoms with Gasteiger partial charge >= 0.3 is 12.3 Å². The molecule has 4 rings (SSSR count). The molecule has 1 aliphatic rings. The molecule has 0 bridgehead atoms. The molecule has 0 spiro atoms. The number of nitrogens with one attached hydrogen (secondary N) is 1. The van der Waals surface area contributed by atoms with Gasteiger partial charge in [-0.1, -0.05) is 48.5 Å². The summed E-state index contributed by atoms with van der Waals surface area (Å²) in [6.45, 7) is 0.135. The molecule has 2 unspecified atom stereocenters. The largest absolute Gasteiger partial charge is 0.449 e. The topological polar surface area (TPSA) is 91.7 Å². The van der Waals surface area contributed by atoms with Gasteiger partial charge in [0.1, 0.15) is 12.7 Å². The second kappa shape index (κ2) is 9.82. The lowest BCUT2D eigenvalue weighted by Crippen LogP contribution is -2.31. The number of aromatic nitrogens is 1. The summed E-state index contributed by atoms with van der Waals surface area (Å²) in [4.78, 5) is 15.8. The molecule has 1 aromatic heterocycles. The van der Waals surface area contributed by atoms with Crippen molar-refractivity contribution < 1.29 is 32.9 Å². The number of aliphatic hydroxyl groups is 2. The Hall–Kier alpha value is -3.43. The van der Waals surface area contributed by atoms with Crippen molar-refractivity contribution in [2.24, 2.45) is 0 Å². The van der Waals surface area contributed by atoms with Crippen LogP contribution in [0.4, 0.5) is 18.0 Å². The Bertz CT molecular complexity index is 1110. The van der Waals surface area contributed by atoms with E-state index in [2.05, 4.69) is 10.3 Å². The quantitative estimate of drug-likeness (QED) is 0.474. The number of carbonyl (C=O) groups excluding carboxylic acids is 1. The Morgan fingerprint density at radius 1 is 1.00 bits per heavy atom. The molecule has 34 heavy (non-hydrogen) atoms. The smallest absolute Gasteiger partial charge is 0.417 e. The Balaban J connectivity index is 1.26. The van der Waals surface area contributed by atoms with Crippen LogP contribution < -0.4 is 5.32 Å². The number of alkyl carbamates (subject to hydrolysis) is 1. The molecule has 9 heteroatoms. The summed E-state index contributed by atoms with van der Waals surface area (Å²) in [5, 5.41) is 22.8. The molecule has 178 valence electrons. The zero-order valence-corrected chi connectivity index (χ0v) is 18.0. The van der Waals surface area contributed by atoms with Gasteiger partial charge in [-0.05, 0) is 40.8 Å². The first kappa shape index (κ1) is 23.7. The molecule has 2 aromatic carbocycles. The molecule has 0 saturated carbocycles. The summed E-state index contributed by atoms with van der Waals surface area (Å²) >= 11 is 0. The second-order valence-corrected chi connectivity index (χ2v) is 8.02. The van der Waals surface area contributed by atoms with Crippen molar-refractivity contribution in [2.75, 3.05) is 13.2 Å². The van der Waals surface area contributed by atoms with E-state index in [1.807, 2.05) is 48.5 Å². The third-order valence-corrected chi connectivity index (χ3v) is 5.83. The number of amides is 1. The van der Waals surface area contributed by atoms with Gasteiger partial charge in [-0.15, -0.1) is 0 Å². The molecular weight excluding hydrogens is 449 g/mol. The number of nitrogens with zero attached hydrogens (tertiary/aromatic N) is 1. The van der Waals surface area contributed by atoms with E-state index in [9.17, 15) is 28.2 Å². The highest BCUT2D eigenvalue weighted by molar-refractivity contribution is 5.79. The summed E-state index contributed by atoms with van der Waals surface area (Å²) < 4.78 is 43.3. The standard InChI is InChI=1S/C25H23F3N2O4/c26-25(27,28)15-9-10-21(30-13-15)23(32)22(31)11-12-29-24(33)34-14-20-18-7-3-1-5-16(18)17-6-2-4-8-19(17)20/h1-10,13,20,22-23,31-32H,11-12,14H2,(H,29,33). The zero-order valence-electron chi connectivity index (χ0n) is 18.0. The van der Waals surface area contributed by atoms with Crippen LogP contribution in [0.1, 0.15) is 40.8 Å². The number of alkyl halides is 3. The van der Waals surface area contributed by atoms with E-state index in [1.165, 1.54) is 0 Å².